The fraction of sp³-hybridized carbons (Fsp3) is 0.562. The smallest absolute Gasteiger partial charge is 0.170 e. The van der Waals surface area contributed by atoms with Gasteiger partial charge in [-0.3, -0.25) is 0 Å². The molecule has 0 spiro atoms. The Kier molecular flexibility index (Phi) is 7.43. The van der Waals surface area contributed by atoms with E-state index in [-0.39, 0.29) is 5.84 Å². The van der Waals surface area contributed by atoms with E-state index >= 15 is 0 Å². The van der Waals surface area contributed by atoms with Gasteiger partial charge in [-0.1, -0.05) is 38.3 Å². The Morgan fingerprint density at radius 1 is 1.29 bits per heavy atom. The van der Waals surface area contributed by atoms with Crippen molar-refractivity contribution in [1.29, 1.82) is 0 Å². The van der Waals surface area contributed by atoms with Gasteiger partial charge in [0.05, 0.1) is 13.7 Å². The minimum atomic E-state index is 0.0387. The third kappa shape index (κ3) is 5.53. The van der Waals surface area contributed by atoms with Crippen LogP contribution in [0.1, 0.15) is 45.1 Å². The van der Waals surface area contributed by atoms with Crippen LogP contribution in [0.4, 0.5) is 0 Å². The molecular formula is C16H26N2O3. The summed E-state index contributed by atoms with van der Waals surface area (Å²) in [7, 11) is 1.57. The largest absolute Gasteiger partial charge is 0.497 e. The normalized spacial score (nSPS) is 13.0. The lowest BCUT2D eigenvalue weighted by Gasteiger charge is -2.16. The number of rotatable bonds is 9. The van der Waals surface area contributed by atoms with Crippen LogP contribution in [0.15, 0.2) is 23.4 Å². The minimum absolute atomic E-state index is 0.0387. The molecule has 0 aliphatic carbocycles. The van der Waals surface area contributed by atoms with Gasteiger partial charge >= 0.3 is 0 Å². The topological polar surface area (TPSA) is 77.1 Å². The number of hydrogen-bond donors (Lipinski definition) is 2. The SMILES string of the molecule is CCCCC(CC)COc1cc(OC)cc(/C(N)=N/O)c1. The Morgan fingerprint density at radius 2 is 2.00 bits per heavy atom. The molecule has 0 saturated heterocycles. The van der Waals surface area contributed by atoms with Gasteiger partial charge in [0, 0.05) is 11.6 Å². The Labute approximate surface area is 126 Å². The predicted molar refractivity (Wildman–Crippen MR) is 84.3 cm³/mol. The molecule has 5 nitrogen and oxygen atoms in total. The van der Waals surface area contributed by atoms with Crippen LogP contribution in [-0.2, 0) is 0 Å². The third-order valence-corrected chi connectivity index (χ3v) is 3.55. The predicted octanol–water partition coefficient (Wildman–Crippen LogP) is 3.38. The quantitative estimate of drug-likeness (QED) is 0.317. The van der Waals surface area contributed by atoms with E-state index in [1.165, 1.54) is 19.3 Å². The molecule has 0 radical (unpaired) electrons. The van der Waals surface area contributed by atoms with Gasteiger partial charge in [-0.2, -0.15) is 0 Å². The van der Waals surface area contributed by atoms with Gasteiger partial charge in [0.25, 0.3) is 0 Å². The molecule has 1 rings (SSSR count). The highest BCUT2D eigenvalue weighted by molar-refractivity contribution is 5.97. The Balaban J connectivity index is 2.77. The number of methoxy groups -OCH3 is 1. The Bertz CT molecular complexity index is 461. The lowest BCUT2D eigenvalue weighted by molar-refractivity contribution is 0.232. The monoisotopic (exact) mass is 294 g/mol. The molecule has 1 unspecified atom stereocenters. The number of amidine groups is 1. The minimum Gasteiger partial charge on any atom is -0.497 e. The first-order valence-electron chi connectivity index (χ1n) is 7.44. The maximum Gasteiger partial charge on any atom is 0.170 e. The molecular weight excluding hydrogens is 268 g/mol. The fourth-order valence-corrected chi connectivity index (χ4v) is 2.09. The van der Waals surface area contributed by atoms with E-state index in [1.807, 2.05) is 0 Å². The van der Waals surface area contributed by atoms with Crippen molar-refractivity contribution in [3.63, 3.8) is 0 Å². The molecule has 1 atom stereocenters. The molecule has 0 amide bonds. The van der Waals surface area contributed by atoms with E-state index in [0.29, 0.717) is 29.6 Å². The zero-order valence-electron chi connectivity index (χ0n) is 13.1. The molecule has 0 bridgehead atoms. The molecule has 3 N–H and O–H groups in total. The fourth-order valence-electron chi connectivity index (χ4n) is 2.09. The average Bonchev–Trinajstić information content (AvgIpc) is 2.53. The van der Waals surface area contributed by atoms with Gasteiger partial charge in [-0.05, 0) is 24.5 Å². The van der Waals surface area contributed by atoms with Crippen molar-refractivity contribution >= 4 is 5.84 Å². The summed E-state index contributed by atoms with van der Waals surface area (Å²) in [6.07, 6.45) is 4.68. The second-order valence-corrected chi connectivity index (χ2v) is 5.11. The van der Waals surface area contributed by atoms with Gasteiger partial charge in [0.1, 0.15) is 11.5 Å². The maximum atomic E-state index is 8.78. The van der Waals surface area contributed by atoms with Crippen molar-refractivity contribution in [2.45, 2.75) is 39.5 Å². The van der Waals surface area contributed by atoms with Crippen molar-refractivity contribution in [2.75, 3.05) is 13.7 Å². The van der Waals surface area contributed by atoms with Crippen LogP contribution in [0, 0.1) is 5.92 Å². The third-order valence-electron chi connectivity index (χ3n) is 3.55. The van der Waals surface area contributed by atoms with Crippen molar-refractivity contribution in [2.24, 2.45) is 16.8 Å². The standard InChI is InChI=1S/C16H26N2O3/c1-4-6-7-12(5-2)11-21-15-9-13(16(17)18-19)8-14(10-15)20-3/h8-10,12,19H,4-7,11H2,1-3H3,(H2,17,18). The van der Waals surface area contributed by atoms with E-state index in [1.54, 1.807) is 25.3 Å². The van der Waals surface area contributed by atoms with Crippen LogP contribution in [0.2, 0.25) is 0 Å². The molecule has 0 saturated carbocycles. The summed E-state index contributed by atoms with van der Waals surface area (Å²) in [6, 6.07) is 5.26. The molecule has 1 aromatic carbocycles. The number of ether oxygens (including phenoxy) is 2. The van der Waals surface area contributed by atoms with Gasteiger partial charge in [-0.25, -0.2) is 0 Å². The van der Waals surface area contributed by atoms with E-state index in [0.717, 1.165) is 6.42 Å². The molecule has 0 fully saturated rings. The lowest BCUT2D eigenvalue weighted by Crippen LogP contribution is -2.14. The maximum absolute atomic E-state index is 8.78. The average molecular weight is 294 g/mol. The molecule has 0 aliphatic heterocycles. The Hall–Kier alpha value is -1.91. The van der Waals surface area contributed by atoms with Crippen LogP contribution in [0.5, 0.6) is 11.5 Å². The van der Waals surface area contributed by atoms with Crippen molar-refractivity contribution in [3.05, 3.63) is 23.8 Å². The second kappa shape index (κ2) is 9.10. The molecule has 5 heteroatoms. The second-order valence-electron chi connectivity index (χ2n) is 5.11. The number of nitrogens with zero attached hydrogens (tertiary/aromatic N) is 1. The van der Waals surface area contributed by atoms with Gasteiger partial charge < -0.3 is 20.4 Å². The summed E-state index contributed by atoms with van der Waals surface area (Å²) in [5.41, 5.74) is 6.20. The first-order chi connectivity index (χ1) is 10.1. The lowest BCUT2D eigenvalue weighted by atomic mass is 10.0. The zero-order valence-corrected chi connectivity index (χ0v) is 13.1. The summed E-state index contributed by atoms with van der Waals surface area (Å²) in [6.45, 7) is 5.04. The van der Waals surface area contributed by atoms with Crippen LogP contribution < -0.4 is 15.2 Å². The number of benzene rings is 1. The van der Waals surface area contributed by atoms with Crippen LogP contribution >= 0.6 is 0 Å². The molecule has 0 heterocycles. The summed E-state index contributed by atoms with van der Waals surface area (Å²) in [5, 5.41) is 11.8. The molecule has 21 heavy (non-hydrogen) atoms. The van der Waals surface area contributed by atoms with Crippen LogP contribution in [-0.4, -0.2) is 24.8 Å². The number of nitrogens with two attached hydrogens (primary N) is 1. The summed E-state index contributed by atoms with van der Waals surface area (Å²) in [5.74, 6) is 1.88. The van der Waals surface area contributed by atoms with Gasteiger partial charge in [0.2, 0.25) is 0 Å². The van der Waals surface area contributed by atoms with Gasteiger partial charge in [-0.15, -0.1) is 0 Å². The highest BCUT2D eigenvalue weighted by Crippen LogP contribution is 2.24. The van der Waals surface area contributed by atoms with Gasteiger partial charge in [0.15, 0.2) is 5.84 Å². The summed E-state index contributed by atoms with van der Waals surface area (Å²) < 4.78 is 11.1. The highest BCUT2D eigenvalue weighted by atomic mass is 16.5. The van der Waals surface area contributed by atoms with E-state index < -0.39 is 0 Å². The number of unbranched alkanes of at least 4 members (excludes halogenated alkanes) is 1. The van der Waals surface area contributed by atoms with Crippen LogP contribution in [0.25, 0.3) is 0 Å². The molecule has 0 aliphatic rings. The van der Waals surface area contributed by atoms with E-state index in [2.05, 4.69) is 19.0 Å². The Morgan fingerprint density at radius 3 is 2.57 bits per heavy atom. The molecule has 118 valence electrons. The van der Waals surface area contributed by atoms with E-state index in [4.69, 9.17) is 20.4 Å². The van der Waals surface area contributed by atoms with Crippen molar-refractivity contribution in [1.82, 2.24) is 0 Å². The number of oxime groups is 1. The zero-order chi connectivity index (χ0) is 15.7. The molecule has 1 aromatic rings. The first-order valence-corrected chi connectivity index (χ1v) is 7.44. The van der Waals surface area contributed by atoms with E-state index in [9.17, 15) is 0 Å². The summed E-state index contributed by atoms with van der Waals surface area (Å²) in [4.78, 5) is 0. The van der Waals surface area contributed by atoms with Crippen molar-refractivity contribution in [3.8, 4) is 11.5 Å². The van der Waals surface area contributed by atoms with Crippen molar-refractivity contribution < 1.29 is 14.7 Å². The van der Waals surface area contributed by atoms with Crippen LogP contribution in [0.3, 0.4) is 0 Å². The first kappa shape index (κ1) is 17.1. The summed E-state index contributed by atoms with van der Waals surface area (Å²) >= 11 is 0. The highest BCUT2D eigenvalue weighted by Gasteiger charge is 2.10. The number of hydrogen-bond acceptors (Lipinski definition) is 4. The molecule has 0 aromatic heterocycles.